The number of thiol groups is 2. The van der Waals surface area contributed by atoms with Crippen LogP contribution in [0.2, 0.25) is 0 Å². The molecule has 1 heterocycles. The van der Waals surface area contributed by atoms with E-state index in [2.05, 4.69) is 28.3 Å². The molecule has 1 rings (SSSR count). The van der Waals surface area contributed by atoms with Crippen LogP contribution in [0.25, 0.3) is 0 Å². The van der Waals surface area contributed by atoms with Crippen LogP contribution in [-0.2, 0) is 0 Å². The minimum atomic E-state index is -2.06. The monoisotopic (exact) mass is 266 g/mol. The summed E-state index contributed by atoms with van der Waals surface area (Å²) in [7, 11) is 5.37. The number of nitriles is 1. The topological polar surface area (TPSA) is 45.9 Å². The Labute approximate surface area is 97.9 Å². The van der Waals surface area contributed by atoms with Gasteiger partial charge >= 0.3 is 0 Å². The first kappa shape index (κ1) is 11.9. The number of ether oxygens (including phenoxy) is 1. The third-order valence-corrected chi connectivity index (χ3v) is 3.95. The zero-order valence-electron chi connectivity index (χ0n) is 7.14. The van der Waals surface area contributed by atoms with E-state index in [1.54, 1.807) is 6.07 Å². The zero-order chi connectivity index (χ0) is 10.8. The average molecular weight is 267 g/mol. The van der Waals surface area contributed by atoms with E-state index in [0.29, 0.717) is 16.3 Å². The van der Waals surface area contributed by atoms with Gasteiger partial charge in [0.1, 0.15) is 6.07 Å². The molecule has 7 heteroatoms. The highest BCUT2D eigenvalue weighted by Gasteiger charge is 2.20. The van der Waals surface area contributed by atoms with Crippen molar-refractivity contribution in [2.45, 2.75) is 4.90 Å². The molecule has 0 aliphatic carbocycles. The molecule has 0 aromatic carbocycles. The minimum absolute atomic E-state index is 0.346. The van der Waals surface area contributed by atoms with Crippen molar-refractivity contribution in [2.75, 3.05) is 7.11 Å². The Morgan fingerprint density at radius 2 is 2.29 bits per heavy atom. The van der Waals surface area contributed by atoms with Crippen molar-refractivity contribution in [3.05, 3.63) is 17.8 Å². The van der Waals surface area contributed by atoms with Crippen LogP contribution in [0, 0.1) is 11.3 Å². The molecule has 0 fully saturated rings. The summed E-state index contributed by atoms with van der Waals surface area (Å²) in [5.41, 5.74) is 0.404. The van der Waals surface area contributed by atoms with Gasteiger partial charge in [-0.1, -0.05) is 0 Å². The van der Waals surface area contributed by atoms with Gasteiger partial charge in [-0.2, -0.15) is 5.26 Å². The van der Waals surface area contributed by atoms with Crippen LogP contribution in [0.3, 0.4) is 0 Å². The fourth-order valence-corrected chi connectivity index (χ4v) is 2.58. The maximum absolute atomic E-state index is 8.68. The van der Waals surface area contributed by atoms with E-state index >= 15 is 0 Å². The summed E-state index contributed by atoms with van der Waals surface area (Å²) in [4.78, 5) is 4.46. The average Bonchev–Trinajstić information content (AvgIpc) is 2.15. The standard InChI is InChI=1S/C7H7ClN2OS3/c1-11-7-6(14(8,12)13)2-5(3-9)4-10-7/h2,4,12-13H,1H3. The second-order valence-electron chi connectivity index (χ2n) is 2.32. The number of pyridine rings is 1. The third-order valence-electron chi connectivity index (χ3n) is 1.42. The maximum atomic E-state index is 8.68. The number of rotatable bonds is 2. The van der Waals surface area contributed by atoms with E-state index in [0.717, 1.165) is 0 Å². The van der Waals surface area contributed by atoms with Gasteiger partial charge in [0.2, 0.25) is 5.88 Å². The van der Waals surface area contributed by atoms with E-state index in [1.165, 1.54) is 13.3 Å². The number of halogens is 1. The Morgan fingerprint density at radius 1 is 1.64 bits per heavy atom. The molecular weight excluding hydrogens is 260 g/mol. The van der Waals surface area contributed by atoms with Gasteiger partial charge < -0.3 is 4.74 Å². The Hall–Kier alpha value is -0.220. The molecule has 0 bridgehead atoms. The number of nitrogens with zero attached hydrogens (tertiary/aromatic N) is 2. The summed E-state index contributed by atoms with van der Waals surface area (Å²) in [6.07, 6.45) is 1.41. The van der Waals surface area contributed by atoms with Crippen molar-refractivity contribution < 1.29 is 4.74 Å². The predicted octanol–water partition coefficient (Wildman–Crippen LogP) is 2.97. The lowest BCUT2D eigenvalue weighted by molar-refractivity contribution is 0.387. The van der Waals surface area contributed by atoms with Crippen LogP contribution in [0.4, 0.5) is 0 Å². The summed E-state index contributed by atoms with van der Waals surface area (Å²) in [5, 5.41) is 8.68. The molecular formula is C7H7ClN2OS3. The molecule has 1 aromatic heterocycles. The van der Waals surface area contributed by atoms with Crippen molar-refractivity contribution in [3.63, 3.8) is 0 Å². The highest BCUT2D eigenvalue weighted by Crippen LogP contribution is 2.70. The molecule has 0 aliphatic rings. The van der Waals surface area contributed by atoms with E-state index in [9.17, 15) is 0 Å². The van der Waals surface area contributed by atoms with Gasteiger partial charge in [-0.3, -0.25) is 0 Å². The van der Waals surface area contributed by atoms with E-state index in [-0.39, 0.29) is 0 Å². The summed E-state index contributed by atoms with van der Waals surface area (Å²) in [5.74, 6) is 0.346. The lowest BCUT2D eigenvalue weighted by atomic mass is 10.3. The highest BCUT2D eigenvalue weighted by molar-refractivity contribution is 9.25. The zero-order valence-corrected chi connectivity index (χ0v) is 10.5. The first-order valence-electron chi connectivity index (χ1n) is 3.41. The molecule has 0 atom stereocenters. The van der Waals surface area contributed by atoms with Crippen molar-refractivity contribution in [1.29, 1.82) is 5.26 Å². The van der Waals surface area contributed by atoms with Crippen LogP contribution in [0.5, 0.6) is 5.88 Å². The lowest BCUT2D eigenvalue weighted by Crippen LogP contribution is -1.93. The third kappa shape index (κ3) is 2.64. The highest BCUT2D eigenvalue weighted by atomic mass is 35.8. The summed E-state index contributed by atoms with van der Waals surface area (Å²) >= 11 is 8.28. The summed E-state index contributed by atoms with van der Waals surface area (Å²) in [6, 6.07) is 3.54. The Balaban J connectivity index is 3.31. The molecule has 0 radical (unpaired) electrons. The van der Waals surface area contributed by atoms with E-state index in [1.807, 2.05) is 6.07 Å². The normalized spacial score (nSPS) is 11.9. The molecule has 14 heavy (non-hydrogen) atoms. The molecule has 0 saturated carbocycles. The largest absolute Gasteiger partial charge is 0.480 e. The molecule has 0 spiro atoms. The van der Waals surface area contributed by atoms with Crippen molar-refractivity contribution in [3.8, 4) is 11.9 Å². The molecule has 0 amide bonds. The molecule has 76 valence electrons. The van der Waals surface area contributed by atoms with E-state index < -0.39 is 7.31 Å². The van der Waals surface area contributed by atoms with Crippen molar-refractivity contribution >= 4 is 41.3 Å². The smallest absolute Gasteiger partial charge is 0.228 e. The van der Waals surface area contributed by atoms with Gasteiger partial charge in [0.25, 0.3) is 0 Å². The molecule has 0 N–H and O–H groups in total. The molecule has 1 aromatic rings. The Bertz CT molecular complexity index is 386. The van der Waals surface area contributed by atoms with Crippen LogP contribution in [0.15, 0.2) is 17.2 Å². The van der Waals surface area contributed by atoms with Crippen LogP contribution in [-0.4, -0.2) is 12.1 Å². The Kier molecular flexibility index (Phi) is 3.84. The number of aromatic nitrogens is 1. The maximum Gasteiger partial charge on any atom is 0.228 e. The lowest BCUT2D eigenvalue weighted by Gasteiger charge is -2.20. The molecule has 0 aliphatic heterocycles. The Morgan fingerprint density at radius 3 is 2.71 bits per heavy atom. The van der Waals surface area contributed by atoms with Gasteiger partial charge in [0.15, 0.2) is 0 Å². The fourth-order valence-electron chi connectivity index (χ4n) is 0.833. The summed E-state index contributed by atoms with van der Waals surface area (Å²) in [6.45, 7) is 0. The first-order chi connectivity index (χ1) is 6.49. The molecule has 3 nitrogen and oxygen atoms in total. The number of hydrogen-bond acceptors (Lipinski definition) is 5. The second-order valence-corrected chi connectivity index (χ2v) is 10.6. The second kappa shape index (κ2) is 4.53. The predicted molar refractivity (Wildman–Crippen MR) is 65.2 cm³/mol. The van der Waals surface area contributed by atoms with Gasteiger partial charge in [-0.25, -0.2) is 4.98 Å². The van der Waals surface area contributed by atoms with Crippen molar-refractivity contribution in [2.24, 2.45) is 0 Å². The summed E-state index contributed by atoms with van der Waals surface area (Å²) < 4.78 is 4.99. The van der Waals surface area contributed by atoms with Crippen LogP contribution >= 0.6 is 41.3 Å². The number of methoxy groups -OCH3 is 1. The quantitative estimate of drug-likeness (QED) is 0.639. The molecule has 0 unspecified atom stereocenters. The molecule has 0 saturated heterocycles. The van der Waals surface area contributed by atoms with Gasteiger partial charge in [0.05, 0.1) is 17.6 Å². The van der Waals surface area contributed by atoms with Gasteiger partial charge in [0, 0.05) is 6.20 Å². The SMILES string of the molecule is COc1ncc(C#N)cc1S(S)(S)Cl. The van der Waals surface area contributed by atoms with E-state index in [4.69, 9.17) is 20.7 Å². The minimum Gasteiger partial charge on any atom is -0.480 e. The first-order valence-corrected chi connectivity index (χ1v) is 7.97. The number of hydrogen-bond donors (Lipinski definition) is 2. The fraction of sp³-hybridized carbons (Fsp3) is 0.143. The van der Waals surface area contributed by atoms with Crippen LogP contribution in [0.1, 0.15) is 5.56 Å². The van der Waals surface area contributed by atoms with Gasteiger partial charge in [-0.15, -0.1) is 23.3 Å². The van der Waals surface area contributed by atoms with Crippen LogP contribution < -0.4 is 4.74 Å². The van der Waals surface area contributed by atoms with Gasteiger partial charge in [-0.05, 0) is 24.1 Å². The van der Waals surface area contributed by atoms with Crippen molar-refractivity contribution in [1.82, 2.24) is 4.98 Å².